The van der Waals surface area contributed by atoms with Crippen LogP contribution in [0.3, 0.4) is 0 Å². The molecule has 0 aliphatic heterocycles. The second-order valence-electron chi connectivity index (χ2n) is 7.81. The number of nitrogens with one attached hydrogen (secondary N) is 2. The van der Waals surface area contributed by atoms with Crippen LogP contribution in [0.15, 0.2) is 24.3 Å². The average molecular weight is 491 g/mol. The highest BCUT2D eigenvalue weighted by molar-refractivity contribution is 6.34. The van der Waals surface area contributed by atoms with E-state index in [9.17, 15) is 27.2 Å². The Hall–Kier alpha value is -2.32. The van der Waals surface area contributed by atoms with Gasteiger partial charge in [0, 0.05) is 13.1 Å². The van der Waals surface area contributed by atoms with Gasteiger partial charge in [-0.2, -0.15) is 0 Å². The Balaban J connectivity index is 1.51. The number of benzene rings is 2. The van der Waals surface area contributed by atoms with Gasteiger partial charge < -0.3 is 10.6 Å². The van der Waals surface area contributed by atoms with Gasteiger partial charge in [0.15, 0.2) is 23.3 Å². The highest BCUT2D eigenvalue weighted by Gasteiger charge is 2.24. The van der Waals surface area contributed by atoms with E-state index < -0.39 is 35.1 Å². The van der Waals surface area contributed by atoms with Gasteiger partial charge in [-0.05, 0) is 55.4 Å². The highest BCUT2D eigenvalue weighted by Crippen LogP contribution is 2.29. The molecule has 2 aromatic rings. The number of carbonyl (C=O) groups is 2. The van der Waals surface area contributed by atoms with Gasteiger partial charge in [0.1, 0.15) is 0 Å². The summed E-state index contributed by atoms with van der Waals surface area (Å²) in [7, 11) is 0. The van der Waals surface area contributed by atoms with Crippen molar-refractivity contribution < 1.29 is 27.2 Å². The molecule has 1 aliphatic carbocycles. The van der Waals surface area contributed by atoms with Crippen molar-refractivity contribution in [3.63, 3.8) is 0 Å². The lowest BCUT2D eigenvalue weighted by Crippen LogP contribution is -2.36. The number of amides is 2. The van der Waals surface area contributed by atoms with E-state index in [0.717, 1.165) is 43.5 Å². The molecule has 1 fully saturated rings. The smallest absolute Gasteiger partial charge is 0.252 e. The third kappa shape index (κ3) is 5.92. The van der Waals surface area contributed by atoms with Gasteiger partial charge in [0.05, 0.1) is 21.2 Å². The normalized spacial score (nSPS) is 18.3. The Morgan fingerprint density at radius 1 is 0.750 bits per heavy atom. The van der Waals surface area contributed by atoms with Crippen LogP contribution in [-0.4, -0.2) is 24.9 Å². The number of rotatable bonds is 6. The van der Waals surface area contributed by atoms with Crippen LogP contribution in [0.1, 0.15) is 46.4 Å². The van der Waals surface area contributed by atoms with Crippen molar-refractivity contribution in [1.82, 2.24) is 10.6 Å². The van der Waals surface area contributed by atoms with Gasteiger partial charge in [0.2, 0.25) is 0 Å². The standard InChI is InChI=1S/C22H20Cl2F4N2O2/c23-15-7-19(27)17(25)5-13(15)21(31)29-9-11-2-1-3-12(4-11)10-30-22(32)14-6-18(26)20(28)8-16(14)24/h5-8,11-12H,1-4,9-10H2,(H,29,31)(H,30,32)/t11-,12-/m1/s1. The first-order valence-electron chi connectivity index (χ1n) is 10.0. The van der Waals surface area contributed by atoms with E-state index in [1.54, 1.807) is 0 Å². The molecular weight excluding hydrogens is 471 g/mol. The molecule has 2 amide bonds. The number of carbonyl (C=O) groups excluding carboxylic acids is 2. The summed E-state index contributed by atoms with van der Waals surface area (Å²) in [4.78, 5) is 24.6. The third-order valence-electron chi connectivity index (χ3n) is 5.50. The fourth-order valence-corrected chi connectivity index (χ4v) is 4.30. The molecule has 10 heteroatoms. The molecule has 0 bridgehead atoms. The first kappa shape index (κ1) is 24.3. The Morgan fingerprint density at radius 3 is 1.53 bits per heavy atom. The Morgan fingerprint density at radius 2 is 1.12 bits per heavy atom. The molecule has 172 valence electrons. The molecule has 0 aromatic heterocycles. The molecule has 2 aromatic carbocycles. The summed E-state index contributed by atoms with van der Waals surface area (Å²) in [6, 6.07) is 3.03. The fraction of sp³-hybridized carbons (Fsp3) is 0.364. The minimum atomic E-state index is -1.16. The summed E-state index contributed by atoms with van der Waals surface area (Å²) in [6.45, 7) is 0.626. The van der Waals surface area contributed by atoms with Crippen molar-refractivity contribution in [2.24, 2.45) is 11.8 Å². The molecule has 2 N–H and O–H groups in total. The van der Waals surface area contributed by atoms with Crippen LogP contribution in [0.5, 0.6) is 0 Å². The zero-order chi connectivity index (χ0) is 23.4. The van der Waals surface area contributed by atoms with Crippen LogP contribution in [0.4, 0.5) is 17.6 Å². The zero-order valence-electron chi connectivity index (χ0n) is 16.8. The number of halogens is 6. The van der Waals surface area contributed by atoms with Crippen LogP contribution < -0.4 is 10.6 Å². The van der Waals surface area contributed by atoms with Crippen molar-refractivity contribution in [2.45, 2.75) is 25.7 Å². The van der Waals surface area contributed by atoms with E-state index in [0.29, 0.717) is 19.5 Å². The zero-order valence-corrected chi connectivity index (χ0v) is 18.3. The molecular formula is C22H20Cl2F4N2O2. The van der Waals surface area contributed by atoms with Gasteiger partial charge in [-0.15, -0.1) is 0 Å². The van der Waals surface area contributed by atoms with E-state index >= 15 is 0 Å². The minimum absolute atomic E-state index is 0.116. The molecule has 1 saturated carbocycles. The van der Waals surface area contributed by atoms with Crippen LogP contribution in [0, 0.1) is 35.1 Å². The lowest BCUT2D eigenvalue weighted by Gasteiger charge is -2.29. The van der Waals surface area contributed by atoms with E-state index in [1.165, 1.54) is 0 Å². The molecule has 0 spiro atoms. The molecule has 0 saturated heterocycles. The van der Waals surface area contributed by atoms with E-state index in [4.69, 9.17) is 23.2 Å². The average Bonchev–Trinajstić information content (AvgIpc) is 2.75. The van der Waals surface area contributed by atoms with Gasteiger partial charge >= 0.3 is 0 Å². The minimum Gasteiger partial charge on any atom is -0.352 e. The third-order valence-corrected chi connectivity index (χ3v) is 6.13. The predicted octanol–water partition coefficient (Wildman–Crippen LogP) is 5.52. The quantitative estimate of drug-likeness (QED) is 0.413. The molecule has 4 nitrogen and oxygen atoms in total. The molecule has 0 heterocycles. The largest absolute Gasteiger partial charge is 0.352 e. The summed E-state index contributed by atoms with van der Waals surface area (Å²) in [5.74, 6) is -5.55. The lowest BCUT2D eigenvalue weighted by molar-refractivity contribution is 0.0935. The summed E-state index contributed by atoms with van der Waals surface area (Å²) in [6.07, 6.45) is 3.28. The van der Waals surface area contributed by atoms with Crippen LogP contribution in [0.2, 0.25) is 10.0 Å². The Bertz CT molecular complexity index is 956. The monoisotopic (exact) mass is 490 g/mol. The molecule has 2 atom stereocenters. The van der Waals surface area contributed by atoms with Crippen molar-refractivity contribution in [3.8, 4) is 0 Å². The van der Waals surface area contributed by atoms with E-state index in [-0.39, 0.29) is 33.0 Å². The maximum atomic E-state index is 13.4. The van der Waals surface area contributed by atoms with Crippen LogP contribution in [-0.2, 0) is 0 Å². The summed E-state index contributed by atoms with van der Waals surface area (Å²) in [5.41, 5.74) is -0.290. The van der Waals surface area contributed by atoms with Crippen molar-refractivity contribution in [1.29, 1.82) is 0 Å². The van der Waals surface area contributed by atoms with Crippen molar-refractivity contribution in [2.75, 3.05) is 13.1 Å². The second kappa shape index (κ2) is 10.5. The van der Waals surface area contributed by atoms with Gasteiger partial charge in [-0.1, -0.05) is 29.6 Å². The maximum absolute atomic E-state index is 13.4. The fourth-order valence-electron chi connectivity index (χ4n) is 3.83. The Kier molecular flexibility index (Phi) is 8.00. The van der Waals surface area contributed by atoms with Gasteiger partial charge in [-0.25, -0.2) is 17.6 Å². The first-order valence-corrected chi connectivity index (χ1v) is 10.8. The topological polar surface area (TPSA) is 58.2 Å². The summed E-state index contributed by atoms with van der Waals surface area (Å²) < 4.78 is 53.2. The van der Waals surface area contributed by atoms with E-state index in [1.807, 2.05) is 0 Å². The van der Waals surface area contributed by atoms with Crippen LogP contribution >= 0.6 is 23.2 Å². The molecule has 1 aliphatic rings. The number of hydrogen-bond acceptors (Lipinski definition) is 2. The maximum Gasteiger partial charge on any atom is 0.252 e. The number of hydrogen-bond donors (Lipinski definition) is 2. The molecule has 3 rings (SSSR count). The SMILES string of the molecule is O=C(NC[C@@H]1CCC[C@@H](CNC(=O)c2cc(F)c(F)cc2Cl)C1)c1cc(F)c(F)cc1Cl. The van der Waals surface area contributed by atoms with Gasteiger partial charge in [0.25, 0.3) is 11.8 Å². The predicted molar refractivity (Wildman–Crippen MR) is 113 cm³/mol. The summed E-state index contributed by atoms with van der Waals surface area (Å²) in [5, 5.41) is 5.03. The van der Waals surface area contributed by atoms with Crippen molar-refractivity contribution in [3.05, 3.63) is 68.7 Å². The second-order valence-corrected chi connectivity index (χ2v) is 8.63. The van der Waals surface area contributed by atoms with E-state index in [2.05, 4.69) is 10.6 Å². The summed E-state index contributed by atoms with van der Waals surface area (Å²) >= 11 is 11.7. The lowest BCUT2D eigenvalue weighted by atomic mass is 9.81. The van der Waals surface area contributed by atoms with Crippen LogP contribution in [0.25, 0.3) is 0 Å². The molecule has 0 unspecified atom stereocenters. The highest BCUT2D eigenvalue weighted by atomic mass is 35.5. The van der Waals surface area contributed by atoms with Crippen molar-refractivity contribution >= 4 is 35.0 Å². The molecule has 0 radical (unpaired) electrons. The molecule has 32 heavy (non-hydrogen) atoms. The first-order chi connectivity index (χ1) is 15.2. The Labute approximate surface area is 192 Å². The van der Waals surface area contributed by atoms with Gasteiger partial charge in [-0.3, -0.25) is 9.59 Å².